The summed E-state index contributed by atoms with van der Waals surface area (Å²) in [6, 6.07) is 19.7. The first kappa shape index (κ1) is 22.9. The number of nitrogens with zero attached hydrogens (tertiary/aromatic N) is 2. The molecule has 2 heterocycles. The Balaban J connectivity index is 1.16. The predicted molar refractivity (Wildman–Crippen MR) is 132 cm³/mol. The second-order valence-electron chi connectivity index (χ2n) is 8.01. The van der Waals surface area contributed by atoms with Gasteiger partial charge >= 0.3 is 0 Å². The summed E-state index contributed by atoms with van der Waals surface area (Å²) in [4.78, 5) is 16.8. The molecule has 0 radical (unpaired) electrons. The number of ether oxygens (including phenoxy) is 2. The van der Waals surface area contributed by atoms with Crippen LogP contribution in [0.4, 0.5) is 5.69 Å². The van der Waals surface area contributed by atoms with Crippen LogP contribution in [0.3, 0.4) is 0 Å². The first-order valence-corrected chi connectivity index (χ1v) is 12.7. The second kappa shape index (κ2) is 9.77. The average molecular weight is 493 g/mol. The Morgan fingerprint density at radius 1 is 0.971 bits per heavy atom. The summed E-state index contributed by atoms with van der Waals surface area (Å²) in [6.07, 6.45) is 2.47. The van der Waals surface area contributed by atoms with Gasteiger partial charge in [-0.2, -0.15) is 0 Å². The van der Waals surface area contributed by atoms with E-state index in [1.165, 1.54) is 12.1 Å². The Labute approximate surface area is 202 Å². The smallest absolute Gasteiger partial charge is 0.240 e. The number of para-hydroxylation sites is 2. The minimum atomic E-state index is -3.80. The Hall–Kier alpha value is -3.89. The van der Waals surface area contributed by atoms with Gasteiger partial charge in [0.15, 0.2) is 11.5 Å². The van der Waals surface area contributed by atoms with Gasteiger partial charge in [-0.15, -0.1) is 0 Å². The van der Waals surface area contributed by atoms with Crippen LogP contribution in [0, 0.1) is 0 Å². The van der Waals surface area contributed by atoms with Crippen molar-refractivity contribution in [2.75, 3.05) is 25.1 Å². The van der Waals surface area contributed by atoms with E-state index in [1.807, 2.05) is 41.0 Å². The molecule has 0 atom stereocenters. The SMILES string of the molecule is O=C(CCNS(=O)(=O)c1ccc2c(c1)OCCCO2)Nc1ccc(-n2cnc3ccccc32)cc1. The summed E-state index contributed by atoms with van der Waals surface area (Å²) < 4.78 is 40.8. The number of benzene rings is 3. The third kappa shape index (κ3) is 5.13. The summed E-state index contributed by atoms with van der Waals surface area (Å²) in [7, 11) is -3.80. The Kier molecular flexibility index (Phi) is 6.39. The predicted octanol–water partition coefficient (Wildman–Crippen LogP) is 3.49. The molecule has 35 heavy (non-hydrogen) atoms. The Morgan fingerprint density at radius 3 is 2.57 bits per heavy atom. The molecule has 0 saturated carbocycles. The van der Waals surface area contributed by atoms with E-state index in [0.717, 1.165) is 23.1 Å². The van der Waals surface area contributed by atoms with Crippen molar-refractivity contribution < 1.29 is 22.7 Å². The summed E-state index contributed by atoms with van der Waals surface area (Å²) in [5.41, 5.74) is 3.43. The molecule has 4 aromatic rings. The molecule has 10 heteroatoms. The molecule has 0 unspecified atom stereocenters. The van der Waals surface area contributed by atoms with Crippen LogP contribution in [0.25, 0.3) is 16.7 Å². The molecule has 0 aliphatic carbocycles. The highest BCUT2D eigenvalue weighted by molar-refractivity contribution is 7.89. The van der Waals surface area contributed by atoms with Crippen molar-refractivity contribution in [3.63, 3.8) is 0 Å². The maximum Gasteiger partial charge on any atom is 0.240 e. The number of fused-ring (bicyclic) bond motifs is 2. The molecule has 1 aliphatic rings. The van der Waals surface area contributed by atoms with Gasteiger partial charge in [-0.3, -0.25) is 9.36 Å². The van der Waals surface area contributed by atoms with Crippen molar-refractivity contribution in [3.8, 4) is 17.2 Å². The summed E-state index contributed by atoms with van der Waals surface area (Å²) in [5, 5.41) is 2.79. The lowest BCUT2D eigenvalue weighted by atomic mass is 10.2. The van der Waals surface area contributed by atoms with E-state index >= 15 is 0 Å². The highest BCUT2D eigenvalue weighted by atomic mass is 32.2. The van der Waals surface area contributed by atoms with Crippen molar-refractivity contribution >= 4 is 32.7 Å². The van der Waals surface area contributed by atoms with Gasteiger partial charge in [0.1, 0.15) is 6.33 Å². The van der Waals surface area contributed by atoms with Gasteiger partial charge < -0.3 is 14.8 Å². The van der Waals surface area contributed by atoms with Crippen LogP contribution in [-0.4, -0.2) is 43.6 Å². The zero-order chi connectivity index (χ0) is 24.3. The first-order valence-electron chi connectivity index (χ1n) is 11.2. The van der Waals surface area contributed by atoms with Gasteiger partial charge in [-0.1, -0.05) is 12.1 Å². The Bertz CT molecular complexity index is 1470. The van der Waals surface area contributed by atoms with Crippen LogP contribution in [0.1, 0.15) is 12.8 Å². The minimum absolute atomic E-state index is 0.0162. The molecule has 0 spiro atoms. The van der Waals surface area contributed by atoms with Crippen LogP contribution in [0.5, 0.6) is 11.5 Å². The molecule has 1 aromatic heterocycles. The third-order valence-corrected chi connectivity index (χ3v) is 7.01. The van der Waals surface area contributed by atoms with E-state index in [-0.39, 0.29) is 23.8 Å². The van der Waals surface area contributed by atoms with Crippen molar-refractivity contribution in [3.05, 3.63) is 73.1 Å². The second-order valence-corrected chi connectivity index (χ2v) is 9.77. The molecule has 0 fully saturated rings. The van der Waals surface area contributed by atoms with Crippen molar-refractivity contribution in [1.29, 1.82) is 0 Å². The number of anilines is 1. The first-order chi connectivity index (χ1) is 17.0. The molecule has 2 N–H and O–H groups in total. The van der Waals surface area contributed by atoms with Crippen LogP contribution in [0.15, 0.2) is 78.0 Å². The topological polar surface area (TPSA) is 112 Å². The summed E-state index contributed by atoms with van der Waals surface area (Å²) in [6.45, 7) is 0.946. The molecule has 1 aliphatic heterocycles. The fraction of sp³-hybridized carbons (Fsp3) is 0.200. The van der Waals surface area contributed by atoms with Crippen LogP contribution in [-0.2, 0) is 14.8 Å². The molecular weight excluding hydrogens is 468 g/mol. The minimum Gasteiger partial charge on any atom is -0.490 e. The van der Waals surface area contributed by atoms with E-state index in [4.69, 9.17) is 9.47 Å². The standard InChI is InChI=1S/C25H24N4O5S/c30-25(12-13-27-35(31,32)20-10-11-23-24(16-20)34-15-3-14-33-23)28-18-6-8-19(9-7-18)29-17-26-21-4-1-2-5-22(21)29/h1-2,4-11,16-17,27H,3,12-15H2,(H,28,30). The maximum atomic E-state index is 12.6. The van der Waals surface area contributed by atoms with Crippen LogP contribution in [0.2, 0.25) is 0 Å². The lowest BCUT2D eigenvalue weighted by Gasteiger charge is -2.11. The molecule has 180 valence electrons. The quantitative estimate of drug-likeness (QED) is 0.409. The number of rotatable bonds is 7. The van der Waals surface area contributed by atoms with Crippen molar-refractivity contribution in [2.24, 2.45) is 0 Å². The number of hydrogen-bond acceptors (Lipinski definition) is 6. The van der Waals surface area contributed by atoms with Gasteiger partial charge in [0, 0.05) is 36.8 Å². The fourth-order valence-electron chi connectivity index (χ4n) is 3.79. The molecule has 1 amide bonds. The fourth-order valence-corrected chi connectivity index (χ4v) is 4.83. The van der Waals surface area contributed by atoms with E-state index in [0.29, 0.717) is 30.4 Å². The van der Waals surface area contributed by atoms with E-state index < -0.39 is 10.0 Å². The largest absolute Gasteiger partial charge is 0.490 e. The Morgan fingerprint density at radius 2 is 1.74 bits per heavy atom. The summed E-state index contributed by atoms with van der Waals surface area (Å²) >= 11 is 0. The number of imidazole rings is 1. The number of carbonyl (C=O) groups excluding carboxylic acids is 1. The zero-order valence-electron chi connectivity index (χ0n) is 18.8. The maximum absolute atomic E-state index is 12.6. The molecule has 0 saturated heterocycles. The third-order valence-electron chi connectivity index (χ3n) is 5.56. The highest BCUT2D eigenvalue weighted by Gasteiger charge is 2.19. The number of hydrogen-bond donors (Lipinski definition) is 2. The average Bonchev–Trinajstić information content (AvgIpc) is 3.14. The number of sulfonamides is 1. The number of aromatic nitrogens is 2. The number of carbonyl (C=O) groups is 1. The molecule has 9 nitrogen and oxygen atoms in total. The van der Waals surface area contributed by atoms with Gasteiger partial charge in [-0.25, -0.2) is 18.1 Å². The van der Waals surface area contributed by atoms with Gasteiger partial charge in [0.2, 0.25) is 15.9 Å². The van der Waals surface area contributed by atoms with Crippen molar-refractivity contribution in [2.45, 2.75) is 17.7 Å². The zero-order valence-corrected chi connectivity index (χ0v) is 19.6. The monoisotopic (exact) mass is 492 g/mol. The van der Waals surface area contributed by atoms with E-state index in [2.05, 4.69) is 15.0 Å². The van der Waals surface area contributed by atoms with E-state index in [9.17, 15) is 13.2 Å². The normalized spacial score (nSPS) is 13.4. The highest BCUT2D eigenvalue weighted by Crippen LogP contribution is 2.31. The van der Waals surface area contributed by atoms with E-state index in [1.54, 1.807) is 24.5 Å². The van der Waals surface area contributed by atoms with Gasteiger partial charge in [-0.05, 0) is 48.5 Å². The number of amides is 1. The molecular formula is C25H24N4O5S. The number of nitrogens with one attached hydrogen (secondary N) is 2. The molecule has 0 bridgehead atoms. The van der Waals surface area contributed by atoms with Crippen LogP contribution < -0.4 is 19.5 Å². The lowest BCUT2D eigenvalue weighted by Crippen LogP contribution is -2.27. The van der Waals surface area contributed by atoms with Crippen LogP contribution >= 0.6 is 0 Å². The lowest BCUT2D eigenvalue weighted by molar-refractivity contribution is -0.116. The molecule has 5 rings (SSSR count). The summed E-state index contributed by atoms with van der Waals surface area (Å²) in [5.74, 6) is 0.621. The van der Waals surface area contributed by atoms with Gasteiger partial charge in [0.05, 0.1) is 29.1 Å². The van der Waals surface area contributed by atoms with Gasteiger partial charge in [0.25, 0.3) is 0 Å². The van der Waals surface area contributed by atoms with Crippen molar-refractivity contribution in [1.82, 2.24) is 14.3 Å². The molecule has 3 aromatic carbocycles.